The van der Waals surface area contributed by atoms with Crippen molar-refractivity contribution in [3.8, 4) is 0 Å². The third-order valence-electron chi connectivity index (χ3n) is 6.20. The SMILES string of the molecule is Cl.NC1CCC(Nc2ncc3nc(NCc4cccc(I)c4)n(C4C=CCC4)c3n2)CC1. The predicted molar refractivity (Wildman–Crippen MR) is 140 cm³/mol. The summed E-state index contributed by atoms with van der Waals surface area (Å²) in [6, 6.07) is 9.50. The molecule has 7 nitrogen and oxygen atoms in total. The summed E-state index contributed by atoms with van der Waals surface area (Å²) in [4.78, 5) is 14.3. The van der Waals surface area contributed by atoms with Gasteiger partial charge in [-0.15, -0.1) is 12.4 Å². The fourth-order valence-electron chi connectivity index (χ4n) is 4.51. The van der Waals surface area contributed by atoms with E-state index in [0.717, 1.165) is 62.2 Å². The summed E-state index contributed by atoms with van der Waals surface area (Å²) in [7, 11) is 0. The van der Waals surface area contributed by atoms with Gasteiger partial charge in [-0.2, -0.15) is 4.98 Å². The number of imidazole rings is 1. The molecule has 1 unspecified atom stereocenters. The molecular weight excluding hydrogens is 537 g/mol. The molecule has 2 heterocycles. The van der Waals surface area contributed by atoms with E-state index in [9.17, 15) is 0 Å². The van der Waals surface area contributed by atoms with Gasteiger partial charge in [0.05, 0.1) is 12.2 Å². The van der Waals surface area contributed by atoms with Crippen LogP contribution in [0.4, 0.5) is 11.9 Å². The minimum atomic E-state index is 0. The van der Waals surface area contributed by atoms with E-state index < -0.39 is 0 Å². The van der Waals surface area contributed by atoms with Crippen molar-refractivity contribution in [3.05, 3.63) is 51.7 Å². The van der Waals surface area contributed by atoms with E-state index in [4.69, 9.17) is 15.7 Å². The first-order valence-electron chi connectivity index (χ1n) is 11.1. The number of allylic oxidation sites excluding steroid dienone is 2. The quantitative estimate of drug-likeness (QED) is 0.287. The zero-order valence-corrected chi connectivity index (χ0v) is 20.8. The van der Waals surface area contributed by atoms with Gasteiger partial charge < -0.3 is 16.4 Å². The molecule has 2 aromatic heterocycles. The molecule has 1 atom stereocenters. The number of benzene rings is 1. The van der Waals surface area contributed by atoms with Gasteiger partial charge in [0.2, 0.25) is 11.9 Å². The molecule has 4 N–H and O–H groups in total. The van der Waals surface area contributed by atoms with Crippen molar-refractivity contribution >= 4 is 58.1 Å². The average molecular weight is 566 g/mol. The van der Waals surface area contributed by atoms with E-state index in [-0.39, 0.29) is 18.4 Å². The topological polar surface area (TPSA) is 93.7 Å². The molecule has 1 aromatic carbocycles. The molecule has 0 spiro atoms. The lowest BCUT2D eigenvalue weighted by Crippen LogP contribution is -2.33. The summed E-state index contributed by atoms with van der Waals surface area (Å²) in [5, 5.41) is 7.07. The third kappa shape index (κ3) is 5.18. The zero-order chi connectivity index (χ0) is 21.2. The van der Waals surface area contributed by atoms with E-state index in [1.165, 1.54) is 9.13 Å². The number of nitrogens with two attached hydrogens (primary N) is 1. The highest BCUT2D eigenvalue weighted by Gasteiger charge is 2.23. The highest BCUT2D eigenvalue weighted by Crippen LogP contribution is 2.31. The van der Waals surface area contributed by atoms with Crippen LogP contribution in [0.2, 0.25) is 0 Å². The first kappa shape index (κ1) is 23.3. The molecule has 0 radical (unpaired) electrons. The van der Waals surface area contributed by atoms with Gasteiger partial charge in [-0.25, -0.2) is 9.97 Å². The first-order chi connectivity index (χ1) is 15.2. The molecule has 0 bridgehead atoms. The van der Waals surface area contributed by atoms with E-state index in [0.29, 0.717) is 18.0 Å². The van der Waals surface area contributed by atoms with Crippen molar-refractivity contribution < 1.29 is 0 Å². The number of nitrogens with one attached hydrogen (secondary N) is 2. The molecule has 1 fully saturated rings. The van der Waals surface area contributed by atoms with Gasteiger partial charge >= 0.3 is 0 Å². The van der Waals surface area contributed by atoms with Gasteiger partial charge in [-0.05, 0) is 78.8 Å². The molecule has 1 saturated carbocycles. The van der Waals surface area contributed by atoms with Crippen LogP contribution in [-0.2, 0) is 6.54 Å². The van der Waals surface area contributed by atoms with Crippen LogP contribution in [0, 0.1) is 3.57 Å². The highest BCUT2D eigenvalue weighted by atomic mass is 127. The summed E-state index contributed by atoms with van der Waals surface area (Å²) >= 11 is 2.35. The van der Waals surface area contributed by atoms with Crippen LogP contribution in [0.25, 0.3) is 11.2 Å². The number of halogens is 2. The molecule has 3 aromatic rings. The molecule has 0 amide bonds. The molecule has 32 heavy (non-hydrogen) atoms. The second kappa shape index (κ2) is 10.4. The zero-order valence-electron chi connectivity index (χ0n) is 17.9. The van der Waals surface area contributed by atoms with Crippen LogP contribution in [0.1, 0.15) is 50.1 Å². The minimum absolute atomic E-state index is 0. The van der Waals surface area contributed by atoms with Crippen molar-refractivity contribution in [1.29, 1.82) is 0 Å². The van der Waals surface area contributed by atoms with E-state index >= 15 is 0 Å². The third-order valence-corrected chi connectivity index (χ3v) is 6.87. The Hall–Kier alpha value is -1.91. The fourth-order valence-corrected chi connectivity index (χ4v) is 5.11. The molecule has 0 saturated heterocycles. The van der Waals surface area contributed by atoms with Crippen LogP contribution in [-0.4, -0.2) is 31.6 Å². The Balaban J connectivity index is 0.00000245. The Morgan fingerprint density at radius 3 is 2.72 bits per heavy atom. The van der Waals surface area contributed by atoms with E-state index in [1.807, 2.05) is 6.20 Å². The normalized spacial score (nSPS) is 22.6. The Morgan fingerprint density at radius 1 is 1.12 bits per heavy atom. The molecule has 2 aliphatic rings. The van der Waals surface area contributed by atoms with Crippen LogP contribution >= 0.6 is 35.0 Å². The molecule has 5 rings (SSSR count). The number of hydrogen-bond acceptors (Lipinski definition) is 6. The van der Waals surface area contributed by atoms with Crippen molar-refractivity contribution in [2.45, 2.75) is 63.2 Å². The second-order valence-corrected chi connectivity index (χ2v) is 9.77. The average Bonchev–Trinajstić information content (AvgIpc) is 3.41. The van der Waals surface area contributed by atoms with Gasteiger partial charge in [-0.1, -0.05) is 24.3 Å². The lowest BCUT2D eigenvalue weighted by Gasteiger charge is -2.26. The van der Waals surface area contributed by atoms with Gasteiger partial charge in [-0.3, -0.25) is 4.57 Å². The van der Waals surface area contributed by atoms with Crippen LogP contribution in [0.3, 0.4) is 0 Å². The Labute approximate surface area is 208 Å². The fraction of sp³-hybridized carbons (Fsp3) is 0.435. The molecule has 170 valence electrons. The lowest BCUT2D eigenvalue weighted by molar-refractivity contribution is 0.410. The van der Waals surface area contributed by atoms with E-state index in [1.54, 1.807) is 0 Å². The molecule has 9 heteroatoms. The standard InChI is InChI=1S/C23H28IN7.ClH/c24-16-5-3-4-15(12-16)13-27-23-29-20-14-26-22(28-18-10-8-17(25)9-11-18)30-21(20)31(23)19-6-1-2-7-19;/h1,3-6,12,14,17-19H,2,7-11,13,25H2,(H,27,29)(H,26,28,30);1H. The first-order valence-corrected chi connectivity index (χ1v) is 12.2. The number of nitrogens with zero attached hydrogens (tertiary/aromatic N) is 4. The van der Waals surface area contributed by atoms with E-state index in [2.05, 4.69) is 79.2 Å². The number of anilines is 2. The predicted octanol–water partition coefficient (Wildman–Crippen LogP) is 5.04. The van der Waals surface area contributed by atoms with Gasteiger partial charge in [0.1, 0.15) is 5.52 Å². The summed E-state index contributed by atoms with van der Waals surface area (Å²) in [5.41, 5.74) is 8.99. The second-order valence-electron chi connectivity index (χ2n) is 8.52. The Morgan fingerprint density at radius 2 is 1.97 bits per heavy atom. The van der Waals surface area contributed by atoms with Crippen molar-refractivity contribution in [1.82, 2.24) is 19.5 Å². The van der Waals surface area contributed by atoms with Crippen molar-refractivity contribution in [2.75, 3.05) is 10.6 Å². The molecule has 2 aliphatic carbocycles. The Bertz CT molecular complexity index is 1090. The maximum Gasteiger partial charge on any atom is 0.224 e. The maximum atomic E-state index is 6.05. The smallest absolute Gasteiger partial charge is 0.224 e. The summed E-state index contributed by atoms with van der Waals surface area (Å²) in [6.45, 7) is 0.720. The van der Waals surface area contributed by atoms with Crippen molar-refractivity contribution in [3.63, 3.8) is 0 Å². The monoisotopic (exact) mass is 565 g/mol. The van der Waals surface area contributed by atoms with Crippen LogP contribution < -0.4 is 16.4 Å². The number of fused-ring (bicyclic) bond motifs is 1. The van der Waals surface area contributed by atoms with Crippen LogP contribution in [0.5, 0.6) is 0 Å². The van der Waals surface area contributed by atoms with Crippen LogP contribution in [0.15, 0.2) is 42.6 Å². The number of hydrogen-bond donors (Lipinski definition) is 3. The maximum absolute atomic E-state index is 6.05. The Kier molecular flexibility index (Phi) is 7.52. The van der Waals surface area contributed by atoms with Gasteiger partial charge in [0, 0.05) is 22.2 Å². The number of aromatic nitrogens is 4. The largest absolute Gasteiger partial charge is 0.351 e. The number of rotatable bonds is 6. The summed E-state index contributed by atoms with van der Waals surface area (Å²) < 4.78 is 3.46. The minimum Gasteiger partial charge on any atom is -0.351 e. The lowest BCUT2D eigenvalue weighted by atomic mass is 9.92. The van der Waals surface area contributed by atoms with Gasteiger partial charge in [0.15, 0.2) is 5.65 Å². The highest BCUT2D eigenvalue weighted by molar-refractivity contribution is 14.1. The van der Waals surface area contributed by atoms with Crippen molar-refractivity contribution in [2.24, 2.45) is 5.73 Å². The molecular formula is C23H29ClIN7. The van der Waals surface area contributed by atoms with Gasteiger partial charge in [0.25, 0.3) is 0 Å². The summed E-state index contributed by atoms with van der Waals surface area (Å²) in [6.07, 6.45) is 12.7. The summed E-state index contributed by atoms with van der Waals surface area (Å²) in [5.74, 6) is 1.53. The molecule has 0 aliphatic heterocycles.